The molecule has 0 aromatic rings. The minimum Gasteiger partial charge on any atom is -0.480 e. The van der Waals surface area contributed by atoms with Gasteiger partial charge in [0.2, 0.25) is 5.91 Å². The van der Waals surface area contributed by atoms with Gasteiger partial charge in [-0.15, -0.1) is 0 Å². The third-order valence-corrected chi connectivity index (χ3v) is 3.25. The number of carboxylic acid groups (broad SMARTS) is 1. The highest BCUT2D eigenvalue weighted by molar-refractivity contribution is 5.86. The maximum absolute atomic E-state index is 11.7. The fraction of sp³-hybridized carbons (Fsp3) is 0.750. The second kappa shape index (κ2) is 7.68. The predicted molar refractivity (Wildman–Crippen MR) is 70.0 cm³/mol. The number of hydrogen-bond donors (Lipinski definition) is 4. The highest BCUT2D eigenvalue weighted by Gasteiger charge is 2.40. The fourth-order valence-corrected chi connectivity index (χ4v) is 2.22. The van der Waals surface area contributed by atoms with Crippen LogP contribution in [0, 0.1) is 0 Å². The Labute approximate surface area is 117 Å². The molecule has 0 atom stereocenters. The average molecular weight is 287 g/mol. The van der Waals surface area contributed by atoms with E-state index < -0.39 is 23.4 Å². The number of carbonyl (C=O) groups is 3. The number of primary amides is 1. The average Bonchev–Trinajstić information content (AvgIpc) is 2.38. The summed E-state index contributed by atoms with van der Waals surface area (Å²) in [5, 5.41) is 14.3. The number of ether oxygens (including phenoxy) is 1. The van der Waals surface area contributed by atoms with Crippen LogP contribution < -0.4 is 16.4 Å². The summed E-state index contributed by atoms with van der Waals surface area (Å²) in [6, 6.07) is -0.544. The maximum Gasteiger partial charge on any atom is 0.329 e. The van der Waals surface area contributed by atoms with E-state index in [1.54, 1.807) is 0 Å². The molecule has 5 N–H and O–H groups in total. The lowest BCUT2D eigenvalue weighted by Crippen LogP contribution is -2.58. The van der Waals surface area contributed by atoms with Crippen molar-refractivity contribution in [1.29, 1.82) is 0 Å². The number of nitrogens with one attached hydrogen (secondary N) is 2. The van der Waals surface area contributed by atoms with E-state index in [1.165, 1.54) is 0 Å². The Balaban J connectivity index is 2.32. The van der Waals surface area contributed by atoms with Crippen LogP contribution in [0.15, 0.2) is 0 Å². The number of carbonyl (C=O) groups excluding carboxylic acids is 2. The van der Waals surface area contributed by atoms with E-state index in [4.69, 9.17) is 10.5 Å². The molecule has 20 heavy (non-hydrogen) atoms. The van der Waals surface area contributed by atoms with Gasteiger partial charge in [0, 0.05) is 6.54 Å². The molecule has 0 unspecified atom stereocenters. The van der Waals surface area contributed by atoms with Crippen LogP contribution in [0.1, 0.15) is 32.1 Å². The zero-order valence-corrected chi connectivity index (χ0v) is 11.3. The van der Waals surface area contributed by atoms with Crippen molar-refractivity contribution < 1.29 is 24.2 Å². The van der Waals surface area contributed by atoms with Crippen molar-refractivity contribution in [2.75, 3.05) is 19.8 Å². The number of aliphatic carboxylic acids is 1. The van der Waals surface area contributed by atoms with E-state index in [0.717, 1.165) is 19.3 Å². The largest absolute Gasteiger partial charge is 0.480 e. The zero-order chi connectivity index (χ0) is 15.0. The third-order valence-electron chi connectivity index (χ3n) is 3.25. The molecular formula is C12H21N3O5. The van der Waals surface area contributed by atoms with Crippen LogP contribution in [0.4, 0.5) is 4.79 Å². The van der Waals surface area contributed by atoms with E-state index >= 15 is 0 Å². The van der Waals surface area contributed by atoms with Gasteiger partial charge < -0.3 is 26.2 Å². The van der Waals surface area contributed by atoms with Crippen LogP contribution in [0.5, 0.6) is 0 Å². The van der Waals surface area contributed by atoms with Gasteiger partial charge in [-0.1, -0.05) is 19.3 Å². The van der Waals surface area contributed by atoms with E-state index in [1.807, 2.05) is 0 Å². The lowest BCUT2D eigenvalue weighted by atomic mass is 9.82. The third kappa shape index (κ3) is 5.04. The van der Waals surface area contributed by atoms with E-state index in [-0.39, 0.29) is 19.8 Å². The summed E-state index contributed by atoms with van der Waals surface area (Å²) in [6.07, 6.45) is 3.43. The van der Waals surface area contributed by atoms with Gasteiger partial charge >= 0.3 is 12.0 Å². The van der Waals surface area contributed by atoms with Crippen molar-refractivity contribution in [2.45, 2.75) is 37.6 Å². The smallest absolute Gasteiger partial charge is 0.329 e. The molecule has 8 heteroatoms. The number of nitrogens with two attached hydrogens (primary N) is 1. The molecule has 8 nitrogen and oxygen atoms in total. The molecule has 1 aliphatic carbocycles. The summed E-state index contributed by atoms with van der Waals surface area (Å²) < 4.78 is 4.87. The summed E-state index contributed by atoms with van der Waals surface area (Å²) in [5.74, 6) is -1.58. The molecule has 0 saturated heterocycles. The first kappa shape index (κ1) is 16.2. The Kier molecular flexibility index (Phi) is 6.23. The lowest BCUT2D eigenvalue weighted by molar-refractivity contribution is -0.145. The minimum atomic E-state index is -1.17. The van der Waals surface area contributed by atoms with Crippen molar-refractivity contribution >= 4 is 17.9 Å². The zero-order valence-electron chi connectivity index (χ0n) is 11.3. The molecule has 0 aliphatic heterocycles. The van der Waals surface area contributed by atoms with Gasteiger partial charge in [0.15, 0.2) is 0 Å². The van der Waals surface area contributed by atoms with Crippen molar-refractivity contribution in [3.63, 3.8) is 0 Å². The predicted octanol–water partition coefficient (Wildman–Crippen LogP) is -0.425. The van der Waals surface area contributed by atoms with Crippen molar-refractivity contribution in [2.24, 2.45) is 5.73 Å². The van der Waals surface area contributed by atoms with Crippen LogP contribution >= 0.6 is 0 Å². The fourth-order valence-electron chi connectivity index (χ4n) is 2.22. The second-order valence-corrected chi connectivity index (χ2v) is 4.85. The molecule has 3 amide bonds. The van der Waals surface area contributed by atoms with Gasteiger partial charge in [-0.05, 0) is 12.8 Å². The Morgan fingerprint density at radius 1 is 1.20 bits per heavy atom. The first-order valence-electron chi connectivity index (χ1n) is 6.62. The van der Waals surface area contributed by atoms with Crippen LogP contribution in [0.3, 0.4) is 0 Å². The van der Waals surface area contributed by atoms with Crippen LogP contribution in [-0.4, -0.2) is 48.3 Å². The Morgan fingerprint density at radius 2 is 1.85 bits per heavy atom. The highest BCUT2D eigenvalue weighted by Crippen LogP contribution is 2.28. The number of rotatable bonds is 7. The second-order valence-electron chi connectivity index (χ2n) is 4.85. The van der Waals surface area contributed by atoms with Gasteiger partial charge in [0.25, 0.3) is 0 Å². The quantitative estimate of drug-likeness (QED) is 0.472. The molecule has 114 valence electrons. The molecule has 0 bridgehead atoms. The Hall–Kier alpha value is -1.83. The minimum absolute atomic E-state index is 0.135. The molecule has 1 aliphatic rings. The summed E-state index contributed by atoms with van der Waals surface area (Å²) in [7, 11) is 0. The summed E-state index contributed by atoms with van der Waals surface area (Å²) in [4.78, 5) is 33.4. The number of carboxylic acids is 1. The molecule has 0 heterocycles. The molecule has 0 aromatic carbocycles. The molecule has 1 rings (SSSR count). The molecule has 0 spiro atoms. The molecule has 1 saturated carbocycles. The van der Waals surface area contributed by atoms with E-state index in [9.17, 15) is 19.5 Å². The van der Waals surface area contributed by atoms with Crippen LogP contribution in [0.25, 0.3) is 0 Å². The maximum atomic E-state index is 11.7. The van der Waals surface area contributed by atoms with Gasteiger partial charge in [0.1, 0.15) is 12.1 Å². The number of amides is 3. The summed E-state index contributed by atoms with van der Waals surface area (Å²) in [5.41, 5.74) is 3.71. The first-order chi connectivity index (χ1) is 9.46. The summed E-state index contributed by atoms with van der Waals surface area (Å²) in [6.45, 7) is 0.105. The highest BCUT2D eigenvalue weighted by atomic mass is 16.5. The SMILES string of the molecule is NC(=O)COCCNC(=O)NC1(C(=O)O)CCCCC1. The Morgan fingerprint density at radius 3 is 2.40 bits per heavy atom. The number of urea groups is 1. The molecule has 0 aromatic heterocycles. The van der Waals surface area contributed by atoms with E-state index in [0.29, 0.717) is 12.8 Å². The van der Waals surface area contributed by atoms with E-state index in [2.05, 4.69) is 10.6 Å². The lowest BCUT2D eigenvalue weighted by Gasteiger charge is -2.33. The van der Waals surface area contributed by atoms with Crippen molar-refractivity contribution in [3.8, 4) is 0 Å². The van der Waals surface area contributed by atoms with Gasteiger partial charge in [-0.2, -0.15) is 0 Å². The van der Waals surface area contributed by atoms with Crippen molar-refractivity contribution in [3.05, 3.63) is 0 Å². The number of hydrogen-bond acceptors (Lipinski definition) is 4. The monoisotopic (exact) mass is 287 g/mol. The molecule has 1 fully saturated rings. The summed E-state index contributed by atoms with van der Waals surface area (Å²) >= 11 is 0. The van der Waals surface area contributed by atoms with Crippen LogP contribution in [0.2, 0.25) is 0 Å². The standard InChI is InChI=1S/C12H21N3O5/c13-9(16)8-20-7-6-14-11(19)15-12(10(17)18)4-2-1-3-5-12/h1-8H2,(H2,13,16)(H,17,18)(H2,14,15,19). The molecule has 0 radical (unpaired) electrons. The van der Waals surface area contributed by atoms with Crippen molar-refractivity contribution in [1.82, 2.24) is 10.6 Å². The normalized spacial score (nSPS) is 17.2. The van der Waals surface area contributed by atoms with Gasteiger partial charge in [0.05, 0.1) is 6.61 Å². The van der Waals surface area contributed by atoms with Gasteiger partial charge in [-0.3, -0.25) is 4.79 Å². The first-order valence-corrected chi connectivity index (χ1v) is 6.62. The van der Waals surface area contributed by atoms with Crippen LogP contribution in [-0.2, 0) is 14.3 Å². The Bertz CT molecular complexity index is 366. The topological polar surface area (TPSA) is 131 Å². The van der Waals surface area contributed by atoms with Gasteiger partial charge in [-0.25, -0.2) is 9.59 Å². The molecular weight excluding hydrogens is 266 g/mol.